The van der Waals surface area contributed by atoms with Gasteiger partial charge in [-0.15, -0.1) is 0 Å². The third-order valence-electron chi connectivity index (χ3n) is 4.93. The Labute approximate surface area is 185 Å². The molecule has 0 saturated heterocycles. The fourth-order valence-electron chi connectivity index (χ4n) is 3.23. The number of primary sulfonamides is 1. The third kappa shape index (κ3) is 5.06. The van der Waals surface area contributed by atoms with Crippen molar-refractivity contribution in [2.75, 3.05) is 11.9 Å². The molecule has 0 saturated carbocycles. The van der Waals surface area contributed by atoms with Crippen molar-refractivity contribution in [1.29, 1.82) is 0 Å². The fourth-order valence-corrected chi connectivity index (χ4v) is 3.74. The summed E-state index contributed by atoms with van der Waals surface area (Å²) in [5.41, 5.74) is 2.62. The predicted octanol–water partition coefficient (Wildman–Crippen LogP) is 3.19. The molecule has 8 nitrogen and oxygen atoms in total. The summed E-state index contributed by atoms with van der Waals surface area (Å²) in [5.74, 6) is 0.151. The summed E-state index contributed by atoms with van der Waals surface area (Å²) in [7, 11) is -3.82. The second kappa shape index (κ2) is 8.97. The van der Waals surface area contributed by atoms with Crippen molar-refractivity contribution < 1.29 is 22.4 Å². The minimum absolute atomic E-state index is 0.0662. The van der Waals surface area contributed by atoms with E-state index in [1.807, 2.05) is 6.92 Å². The number of benzene rings is 2. The number of rotatable bonds is 7. The van der Waals surface area contributed by atoms with E-state index < -0.39 is 21.6 Å². The van der Waals surface area contributed by atoms with Crippen molar-refractivity contribution >= 4 is 32.6 Å². The number of carbonyl (C=O) groups is 1. The van der Waals surface area contributed by atoms with Gasteiger partial charge in [0.15, 0.2) is 0 Å². The van der Waals surface area contributed by atoms with Crippen LogP contribution in [0, 0.1) is 13.8 Å². The molecule has 3 N–H and O–H groups in total. The number of nitrogens with one attached hydrogen (secondary N) is 1. The molecule has 0 spiro atoms. The number of anilines is 1. The average Bonchev–Trinajstić information content (AvgIpc) is 2.71. The lowest BCUT2D eigenvalue weighted by molar-refractivity contribution is -0.115. The van der Waals surface area contributed by atoms with Gasteiger partial charge in [0.1, 0.15) is 17.9 Å². The van der Waals surface area contributed by atoms with Crippen LogP contribution in [0.2, 0.25) is 0 Å². The Morgan fingerprint density at radius 3 is 2.38 bits per heavy atom. The van der Waals surface area contributed by atoms with Crippen LogP contribution in [0.4, 0.5) is 5.69 Å². The number of hydrogen-bond acceptors (Lipinski definition) is 6. The third-order valence-corrected chi connectivity index (χ3v) is 5.86. The van der Waals surface area contributed by atoms with Crippen molar-refractivity contribution in [3.63, 3.8) is 0 Å². The molecule has 32 heavy (non-hydrogen) atoms. The Morgan fingerprint density at radius 2 is 1.78 bits per heavy atom. The van der Waals surface area contributed by atoms with Crippen molar-refractivity contribution in [2.24, 2.45) is 5.14 Å². The first-order chi connectivity index (χ1) is 15.0. The number of hydrogen-bond donors (Lipinski definition) is 2. The average molecular weight is 457 g/mol. The van der Waals surface area contributed by atoms with Gasteiger partial charge >= 0.3 is 5.63 Å². The van der Waals surface area contributed by atoms with E-state index in [0.717, 1.165) is 5.57 Å². The van der Waals surface area contributed by atoms with Crippen LogP contribution in [0.3, 0.4) is 0 Å². The molecule has 3 rings (SSSR count). The van der Waals surface area contributed by atoms with Crippen LogP contribution in [0.5, 0.6) is 5.75 Å². The van der Waals surface area contributed by atoms with Gasteiger partial charge in [0.25, 0.3) is 0 Å². The maximum atomic E-state index is 12.6. The van der Waals surface area contributed by atoms with Gasteiger partial charge < -0.3 is 14.5 Å². The van der Waals surface area contributed by atoms with Crippen molar-refractivity contribution in [3.8, 4) is 5.75 Å². The summed E-state index contributed by atoms with van der Waals surface area (Å²) in [6.45, 7) is 9.57. The van der Waals surface area contributed by atoms with Gasteiger partial charge in [-0.25, -0.2) is 18.4 Å². The quantitative estimate of drug-likeness (QED) is 0.415. The minimum atomic E-state index is -3.82. The maximum Gasteiger partial charge on any atom is 0.340 e. The smallest absolute Gasteiger partial charge is 0.340 e. The topological polar surface area (TPSA) is 129 Å². The molecule has 3 aromatic rings. The van der Waals surface area contributed by atoms with E-state index in [0.29, 0.717) is 40.1 Å². The van der Waals surface area contributed by atoms with Crippen LogP contribution >= 0.6 is 0 Å². The summed E-state index contributed by atoms with van der Waals surface area (Å²) in [4.78, 5) is 25.1. The molecule has 1 amide bonds. The lowest BCUT2D eigenvalue weighted by atomic mass is 10.0. The standard InChI is InChI=1S/C23H24N2O6S/c1-13(2)12-30-20-10-9-18-14(3)19(23(27)31-22(18)15(20)4)11-21(26)25-16-5-7-17(8-6-16)32(24,28)29/h5-10H,1,11-12H2,2-4H3,(H,25,26)(H2,24,28,29). The molecule has 0 aliphatic carbocycles. The van der Waals surface area contributed by atoms with Gasteiger partial charge in [-0.3, -0.25) is 4.79 Å². The van der Waals surface area contributed by atoms with Crippen LogP contribution in [-0.2, 0) is 21.2 Å². The van der Waals surface area contributed by atoms with Crippen LogP contribution in [0.25, 0.3) is 11.0 Å². The first kappa shape index (κ1) is 23.2. The molecule has 168 valence electrons. The van der Waals surface area contributed by atoms with Gasteiger partial charge in [0.05, 0.1) is 16.9 Å². The number of ether oxygens (including phenoxy) is 1. The number of nitrogens with two attached hydrogens (primary N) is 1. The summed E-state index contributed by atoms with van der Waals surface area (Å²) < 4.78 is 33.9. The monoisotopic (exact) mass is 456 g/mol. The van der Waals surface area contributed by atoms with E-state index in [1.54, 1.807) is 26.0 Å². The Balaban J connectivity index is 1.85. The van der Waals surface area contributed by atoms with Crippen LogP contribution in [0.15, 0.2) is 62.7 Å². The van der Waals surface area contributed by atoms with Crippen molar-refractivity contribution in [3.05, 3.63) is 75.7 Å². The highest BCUT2D eigenvalue weighted by atomic mass is 32.2. The molecule has 0 aliphatic rings. The first-order valence-electron chi connectivity index (χ1n) is 9.73. The van der Waals surface area contributed by atoms with Gasteiger partial charge in [0, 0.05) is 16.6 Å². The largest absolute Gasteiger partial charge is 0.489 e. The predicted molar refractivity (Wildman–Crippen MR) is 122 cm³/mol. The van der Waals surface area contributed by atoms with E-state index in [4.69, 9.17) is 14.3 Å². The number of aryl methyl sites for hydroxylation is 2. The molecule has 1 aromatic heterocycles. The Bertz CT molecular complexity index is 1370. The molecule has 0 aliphatic heterocycles. The van der Waals surface area contributed by atoms with Gasteiger partial charge in [-0.1, -0.05) is 6.58 Å². The molecular formula is C23H24N2O6S. The van der Waals surface area contributed by atoms with Gasteiger partial charge in [-0.2, -0.15) is 0 Å². The molecule has 2 aromatic carbocycles. The van der Waals surface area contributed by atoms with Gasteiger partial charge in [-0.05, 0) is 68.3 Å². The van der Waals surface area contributed by atoms with E-state index in [1.165, 1.54) is 24.3 Å². The van der Waals surface area contributed by atoms with Crippen LogP contribution in [0.1, 0.15) is 23.6 Å². The highest BCUT2D eigenvalue weighted by molar-refractivity contribution is 7.89. The summed E-state index contributed by atoms with van der Waals surface area (Å²) in [5, 5.41) is 8.42. The lowest BCUT2D eigenvalue weighted by Gasteiger charge is -2.13. The second-order valence-corrected chi connectivity index (χ2v) is 9.16. The molecule has 1 heterocycles. The summed E-state index contributed by atoms with van der Waals surface area (Å²) >= 11 is 0. The van der Waals surface area contributed by atoms with E-state index in [9.17, 15) is 18.0 Å². The molecule has 0 unspecified atom stereocenters. The summed E-state index contributed by atoms with van der Waals surface area (Å²) in [6.07, 6.45) is -0.200. The van der Waals surface area contributed by atoms with E-state index in [2.05, 4.69) is 11.9 Å². The zero-order chi connectivity index (χ0) is 23.6. The highest BCUT2D eigenvalue weighted by Crippen LogP contribution is 2.29. The molecular weight excluding hydrogens is 432 g/mol. The lowest BCUT2D eigenvalue weighted by Crippen LogP contribution is -2.21. The molecule has 0 radical (unpaired) electrons. The fraction of sp³-hybridized carbons (Fsp3) is 0.217. The molecule has 0 fully saturated rings. The van der Waals surface area contributed by atoms with Crippen LogP contribution in [-0.4, -0.2) is 20.9 Å². The number of carbonyl (C=O) groups excluding carboxylic acids is 1. The molecule has 0 bridgehead atoms. The first-order valence-corrected chi connectivity index (χ1v) is 11.3. The summed E-state index contributed by atoms with van der Waals surface area (Å²) in [6, 6.07) is 9.01. The highest BCUT2D eigenvalue weighted by Gasteiger charge is 2.18. The van der Waals surface area contributed by atoms with E-state index >= 15 is 0 Å². The number of sulfonamides is 1. The zero-order valence-corrected chi connectivity index (χ0v) is 18.8. The minimum Gasteiger partial charge on any atom is -0.489 e. The Kier molecular flexibility index (Phi) is 6.52. The Hall–Kier alpha value is -3.43. The van der Waals surface area contributed by atoms with E-state index in [-0.39, 0.29) is 16.9 Å². The van der Waals surface area contributed by atoms with Crippen molar-refractivity contribution in [1.82, 2.24) is 0 Å². The molecule has 0 atom stereocenters. The zero-order valence-electron chi connectivity index (χ0n) is 18.0. The van der Waals surface area contributed by atoms with Crippen LogP contribution < -0.4 is 20.8 Å². The SMILES string of the molecule is C=C(C)COc1ccc2c(C)c(CC(=O)Nc3ccc(S(N)(=O)=O)cc3)c(=O)oc2c1C. The number of fused-ring (bicyclic) bond motifs is 1. The van der Waals surface area contributed by atoms with Crippen molar-refractivity contribution in [2.45, 2.75) is 32.1 Å². The number of amides is 1. The second-order valence-electron chi connectivity index (χ2n) is 7.60. The Morgan fingerprint density at radius 1 is 1.12 bits per heavy atom. The maximum absolute atomic E-state index is 12.6. The molecule has 9 heteroatoms. The van der Waals surface area contributed by atoms with Gasteiger partial charge in [0.2, 0.25) is 15.9 Å². The normalized spacial score (nSPS) is 11.4.